The molecule has 6 heteroatoms. The minimum absolute atomic E-state index is 0.0224. The lowest BCUT2D eigenvalue weighted by Crippen LogP contribution is -2.50. The number of likely N-dealkylation sites (N-methyl/N-ethyl adjacent to an activating group) is 1. The van der Waals surface area contributed by atoms with Gasteiger partial charge in [-0.15, -0.1) is 0 Å². The van der Waals surface area contributed by atoms with E-state index in [1.807, 2.05) is 4.90 Å². The van der Waals surface area contributed by atoms with Crippen LogP contribution in [0.5, 0.6) is 0 Å². The molecule has 1 N–H and O–H groups in total. The standard InChI is InChI=1S/C16H20FN3O2/c1-18-15(21)12-19-7-9-20(10-8-19)16(22)6-5-13-3-2-4-14(17)11-13/h2-6,11H,7-10,12H2,1H3,(H,18,21)/b6-5+. The number of piperazine rings is 1. The maximum absolute atomic E-state index is 13.1. The van der Waals surface area contributed by atoms with Crippen molar-refractivity contribution in [1.82, 2.24) is 15.1 Å². The number of hydrogen-bond acceptors (Lipinski definition) is 3. The average Bonchev–Trinajstić information content (AvgIpc) is 2.53. The zero-order chi connectivity index (χ0) is 15.9. The topological polar surface area (TPSA) is 52.7 Å². The van der Waals surface area contributed by atoms with Gasteiger partial charge < -0.3 is 10.2 Å². The van der Waals surface area contributed by atoms with Crippen LogP contribution in [-0.4, -0.2) is 61.4 Å². The molecule has 0 aliphatic carbocycles. The molecular formula is C16H20FN3O2. The Hall–Kier alpha value is -2.21. The van der Waals surface area contributed by atoms with Crippen molar-refractivity contribution in [1.29, 1.82) is 0 Å². The molecule has 0 saturated carbocycles. The van der Waals surface area contributed by atoms with Crippen molar-refractivity contribution in [2.24, 2.45) is 0 Å². The fourth-order valence-electron chi connectivity index (χ4n) is 2.29. The molecular weight excluding hydrogens is 285 g/mol. The van der Waals surface area contributed by atoms with Crippen LogP contribution in [0.25, 0.3) is 6.08 Å². The Labute approximate surface area is 129 Å². The van der Waals surface area contributed by atoms with Gasteiger partial charge in [-0.25, -0.2) is 4.39 Å². The predicted molar refractivity (Wildman–Crippen MR) is 82.5 cm³/mol. The van der Waals surface area contributed by atoms with Gasteiger partial charge >= 0.3 is 0 Å². The van der Waals surface area contributed by atoms with Crippen molar-refractivity contribution in [2.75, 3.05) is 39.8 Å². The van der Waals surface area contributed by atoms with Gasteiger partial charge in [0.05, 0.1) is 6.54 Å². The van der Waals surface area contributed by atoms with Crippen LogP contribution < -0.4 is 5.32 Å². The van der Waals surface area contributed by atoms with Gasteiger partial charge in [0.2, 0.25) is 11.8 Å². The summed E-state index contributed by atoms with van der Waals surface area (Å²) in [5, 5.41) is 2.59. The summed E-state index contributed by atoms with van der Waals surface area (Å²) in [4.78, 5) is 27.1. The fraction of sp³-hybridized carbons (Fsp3) is 0.375. The van der Waals surface area contributed by atoms with Crippen molar-refractivity contribution in [3.8, 4) is 0 Å². The summed E-state index contributed by atoms with van der Waals surface area (Å²) in [5.74, 6) is -0.438. The number of nitrogens with zero attached hydrogens (tertiary/aromatic N) is 2. The molecule has 0 aromatic heterocycles. The van der Waals surface area contributed by atoms with E-state index in [9.17, 15) is 14.0 Å². The van der Waals surface area contributed by atoms with Crippen LogP contribution in [0.2, 0.25) is 0 Å². The Morgan fingerprint density at radius 1 is 1.27 bits per heavy atom. The van der Waals surface area contributed by atoms with E-state index in [1.165, 1.54) is 18.2 Å². The average molecular weight is 305 g/mol. The first-order valence-electron chi connectivity index (χ1n) is 7.24. The van der Waals surface area contributed by atoms with Gasteiger partial charge in [-0.05, 0) is 23.8 Å². The summed E-state index contributed by atoms with van der Waals surface area (Å²) in [7, 11) is 1.61. The van der Waals surface area contributed by atoms with Gasteiger partial charge in [-0.2, -0.15) is 0 Å². The minimum Gasteiger partial charge on any atom is -0.358 e. The fourth-order valence-corrected chi connectivity index (χ4v) is 2.29. The van der Waals surface area contributed by atoms with Crippen LogP contribution in [0.1, 0.15) is 5.56 Å². The van der Waals surface area contributed by atoms with Crippen LogP contribution in [0, 0.1) is 5.82 Å². The second kappa shape index (κ2) is 7.70. The van der Waals surface area contributed by atoms with Crippen molar-refractivity contribution < 1.29 is 14.0 Å². The van der Waals surface area contributed by atoms with E-state index in [2.05, 4.69) is 5.32 Å². The normalized spacial score (nSPS) is 16.0. The summed E-state index contributed by atoms with van der Waals surface area (Å²) in [5.41, 5.74) is 0.659. The molecule has 1 aliphatic rings. The summed E-state index contributed by atoms with van der Waals surface area (Å²) in [6.07, 6.45) is 3.07. The number of benzene rings is 1. The molecule has 2 rings (SSSR count). The maximum atomic E-state index is 13.1. The molecule has 1 heterocycles. The van der Waals surface area contributed by atoms with Gasteiger partial charge in [0.1, 0.15) is 5.82 Å². The van der Waals surface area contributed by atoms with Crippen LogP contribution in [0.4, 0.5) is 4.39 Å². The number of halogens is 1. The number of amides is 2. The van der Waals surface area contributed by atoms with Gasteiger partial charge in [-0.3, -0.25) is 14.5 Å². The van der Waals surface area contributed by atoms with E-state index in [1.54, 1.807) is 30.2 Å². The zero-order valence-electron chi connectivity index (χ0n) is 12.6. The molecule has 1 saturated heterocycles. The SMILES string of the molecule is CNC(=O)CN1CCN(C(=O)/C=C/c2cccc(F)c2)CC1. The van der Waals surface area contributed by atoms with Crippen molar-refractivity contribution in [3.05, 3.63) is 41.7 Å². The molecule has 5 nitrogen and oxygen atoms in total. The highest BCUT2D eigenvalue weighted by Crippen LogP contribution is 2.07. The van der Waals surface area contributed by atoms with Gasteiger partial charge in [0, 0.05) is 39.3 Å². The van der Waals surface area contributed by atoms with Crippen LogP contribution in [0.3, 0.4) is 0 Å². The number of carbonyl (C=O) groups excluding carboxylic acids is 2. The smallest absolute Gasteiger partial charge is 0.246 e. The Morgan fingerprint density at radius 3 is 2.64 bits per heavy atom. The first-order chi connectivity index (χ1) is 10.6. The highest BCUT2D eigenvalue weighted by molar-refractivity contribution is 5.91. The summed E-state index contributed by atoms with van der Waals surface area (Å²) in [6.45, 7) is 2.88. The summed E-state index contributed by atoms with van der Waals surface area (Å²) in [6, 6.07) is 6.10. The number of carbonyl (C=O) groups is 2. The molecule has 0 radical (unpaired) electrons. The van der Waals surface area contributed by atoms with Crippen LogP contribution >= 0.6 is 0 Å². The highest BCUT2D eigenvalue weighted by atomic mass is 19.1. The maximum Gasteiger partial charge on any atom is 0.246 e. The second-order valence-corrected chi connectivity index (χ2v) is 5.16. The van der Waals surface area contributed by atoms with Crippen LogP contribution in [-0.2, 0) is 9.59 Å². The number of nitrogens with one attached hydrogen (secondary N) is 1. The third kappa shape index (κ3) is 4.66. The van der Waals surface area contributed by atoms with E-state index < -0.39 is 0 Å². The molecule has 0 bridgehead atoms. The molecule has 2 amide bonds. The Morgan fingerprint density at radius 2 is 2.00 bits per heavy atom. The lowest BCUT2D eigenvalue weighted by atomic mass is 10.2. The summed E-state index contributed by atoms with van der Waals surface area (Å²) >= 11 is 0. The lowest BCUT2D eigenvalue weighted by Gasteiger charge is -2.33. The van der Waals surface area contributed by atoms with Crippen molar-refractivity contribution >= 4 is 17.9 Å². The summed E-state index contributed by atoms with van der Waals surface area (Å²) < 4.78 is 13.1. The molecule has 0 atom stereocenters. The second-order valence-electron chi connectivity index (χ2n) is 5.16. The third-order valence-electron chi connectivity index (χ3n) is 3.60. The zero-order valence-corrected chi connectivity index (χ0v) is 12.6. The quantitative estimate of drug-likeness (QED) is 0.835. The molecule has 1 aromatic carbocycles. The van der Waals surface area contributed by atoms with E-state index in [-0.39, 0.29) is 17.6 Å². The largest absolute Gasteiger partial charge is 0.358 e. The molecule has 1 fully saturated rings. The first kappa shape index (κ1) is 16.2. The lowest BCUT2D eigenvalue weighted by molar-refractivity contribution is -0.128. The number of rotatable bonds is 4. The monoisotopic (exact) mass is 305 g/mol. The Balaban J connectivity index is 1.83. The predicted octanol–water partition coefficient (Wildman–Crippen LogP) is 0.729. The third-order valence-corrected chi connectivity index (χ3v) is 3.60. The van der Waals surface area contributed by atoms with E-state index in [0.717, 1.165) is 0 Å². The molecule has 22 heavy (non-hydrogen) atoms. The Kier molecular flexibility index (Phi) is 5.66. The highest BCUT2D eigenvalue weighted by Gasteiger charge is 2.20. The molecule has 118 valence electrons. The molecule has 1 aromatic rings. The van der Waals surface area contributed by atoms with Gasteiger partial charge in [0.25, 0.3) is 0 Å². The van der Waals surface area contributed by atoms with Crippen LogP contribution in [0.15, 0.2) is 30.3 Å². The first-order valence-corrected chi connectivity index (χ1v) is 7.24. The van der Waals surface area contributed by atoms with E-state index >= 15 is 0 Å². The van der Waals surface area contributed by atoms with Crippen molar-refractivity contribution in [2.45, 2.75) is 0 Å². The van der Waals surface area contributed by atoms with Gasteiger partial charge in [0.15, 0.2) is 0 Å². The molecule has 0 spiro atoms. The van der Waals surface area contributed by atoms with Gasteiger partial charge in [-0.1, -0.05) is 12.1 Å². The Bertz CT molecular complexity index is 566. The molecule has 0 unspecified atom stereocenters. The number of hydrogen-bond donors (Lipinski definition) is 1. The van der Waals surface area contributed by atoms with E-state index in [4.69, 9.17) is 0 Å². The molecule has 1 aliphatic heterocycles. The van der Waals surface area contributed by atoms with Crippen molar-refractivity contribution in [3.63, 3.8) is 0 Å². The van der Waals surface area contributed by atoms with E-state index in [0.29, 0.717) is 38.3 Å². The minimum atomic E-state index is -0.322.